The molecule has 0 bridgehead atoms. The Bertz CT molecular complexity index is 997. The summed E-state index contributed by atoms with van der Waals surface area (Å²) in [7, 11) is -1.61. The highest BCUT2D eigenvalue weighted by molar-refractivity contribution is 6.90. The van der Waals surface area contributed by atoms with E-state index in [-0.39, 0.29) is 0 Å². The first-order valence-electron chi connectivity index (χ1n) is 7.92. The molecule has 0 aliphatic carbocycles. The molecule has 0 N–H and O–H groups in total. The average Bonchev–Trinajstić information content (AvgIpc) is 2.92. The molecule has 3 heteroatoms. The van der Waals surface area contributed by atoms with Crippen molar-refractivity contribution >= 4 is 35.3 Å². The summed E-state index contributed by atoms with van der Waals surface area (Å²) in [6.45, 7) is 7.02. The normalized spacial score (nSPS) is 12.1. The van der Waals surface area contributed by atoms with Crippen LogP contribution in [0.25, 0.3) is 33.2 Å². The Balaban J connectivity index is 2.12. The number of benzene rings is 2. The van der Waals surface area contributed by atoms with Crippen LogP contribution in [0.15, 0.2) is 65.1 Å². The van der Waals surface area contributed by atoms with Crippen LogP contribution in [-0.4, -0.2) is 13.1 Å². The van der Waals surface area contributed by atoms with Crippen molar-refractivity contribution in [2.75, 3.05) is 0 Å². The van der Waals surface area contributed by atoms with E-state index in [9.17, 15) is 0 Å². The Hall–Kier alpha value is -2.39. The smallest absolute Gasteiger partial charge is 0.139 e. The molecule has 4 aromatic rings. The lowest BCUT2D eigenvalue weighted by Crippen LogP contribution is -2.40. The molecule has 0 amide bonds. The van der Waals surface area contributed by atoms with Crippen LogP contribution in [0.1, 0.15) is 0 Å². The minimum atomic E-state index is -1.61. The van der Waals surface area contributed by atoms with E-state index in [2.05, 4.69) is 50.0 Å². The third-order valence-corrected chi connectivity index (χ3v) is 5.92. The number of rotatable bonds is 2. The van der Waals surface area contributed by atoms with E-state index in [1.54, 1.807) is 0 Å². The van der Waals surface area contributed by atoms with Gasteiger partial charge in [0, 0.05) is 27.7 Å². The van der Waals surface area contributed by atoms with Crippen LogP contribution in [0.2, 0.25) is 19.6 Å². The van der Waals surface area contributed by atoms with Crippen molar-refractivity contribution in [1.82, 2.24) is 4.98 Å². The first kappa shape index (κ1) is 14.2. The molecule has 0 aliphatic rings. The van der Waals surface area contributed by atoms with Gasteiger partial charge in [0.1, 0.15) is 19.2 Å². The highest BCUT2D eigenvalue weighted by atomic mass is 28.3. The number of hydrogen-bond acceptors (Lipinski definition) is 2. The number of furan rings is 1. The van der Waals surface area contributed by atoms with Gasteiger partial charge in [-0.25, -0.2) is 0 Å². The minimum absolute atomic E-state index is 0.939. The molecular formula is C20H19NOSi. The van der Waals surface area contributed by atoms with Crippen molar-refractivity contribution in [3.05, 3.63) is 60.7 Å². The van der Waals surface area contributed by atoms with Crippen molar-refractivity contribution in [3.63, 3.8) is 0 Å². The van der Waals surface area contributed by atoms with E-state index < -0.39 is 8.07 Å². The maximum atomic E-state index is 6.13. The van der Waals surface area contributed by atoms with E-state index in [0.717, 1.165) is 22.4 Å². The van der Waals surface area contributed by atoms with Gasteiger partial charge in [0.2, 0.25) is 0 Å². The predicted octanol–water partition coefficient (Wildman–Crippen LogP) is 5.19. The number of aromatic nitrogens is 1. The van der Waals surface area contributed by atoms with Gasteiger partial charge in [-0.15, -0.1) is 0 Å². The molecule has 23 heavy (non-hydrogen) atoms. The molecule has 2 aromatic carbocycles. The number of pyridine rings is 1. The van der Waals surface area contributed by atoms with E-state index in [4.69, 9.17) is 9.40 Å². The van der Waals surface area contributed by atoms with Crippen LogP contribution in [0.5, 0.6) is 0 Å². The molecule has 0 aliphatic heterocycles. The maximum absolute atomic E-state index is 6.13. The van der Waals surface area contributed by atoms with Crippen LogP contribution >= 0.6 is 0 Å². The fourth-order valence-electron chi connectivity index (χ4n) is 3.04. The highest BCUT2D eigenvalue weighted by Gasteiger charge is 2.25. The van der Waals surface area contributed by atoms with Crippen molar-refractivity contribution < 1.29 is 4.42 Å². The molecule has 0 fully saturated rings. The first-order chi connectivity index (χ1) is 11.0. The van der Waals surface area contributed by atoms with Gasteiger partial charge in [0.25, 0.3) is 0 Å². The molecule has 2 heterocycles. The number of hydrogen-bond donors (Lipinski definition) is 0. The average molecular weight is 317 g/mol. The highest BCUT2D eigenvalue weighted by Crippen LogP contribution is 2.31. The minimum Gasteiger partial charge on any atom is -0.456 e. The van der Waals surface area contributed by atoms with Gasteiger partial charge in [-0.3, -0.25) is 4.98 Å². The number of para-hydroxylation sites is 1. The SMILES string of the molecule is C[Si](C)(C)c1nc(-c2ccccc2)cc2oc3ccccc3c12. The van der Waals surface area contributed by atoms with E-state index in [0.29, 0.717) is 0 Å². The fourth-order valence-corrected chi connectivity index (χ4v) is 4.51. The van der Waals surface area contributed by atoms with Gasteiger partial charge in [0.15, 0.2) is 0 Å². The summed E-state index contributed by atoms with van der Waals surface area (Å²) in [4.78, 5) is 5.07. The zero-order chi connectivity index (χ0) is 16.0. The quantitative estimate of drug-likeness (QED) is 0.475. The molecule has 0 unspecified atom stereocenters. The molecule has 4 rings (SSSR count). The summed E-state index contributed by atoms with van der Waals surface area (Å²) >= 11 is 0. The van der Waals surface area contributed by atoms with Crippen LogP contribution in [-0.2, 0) is 0 Å². The van der Waals surface area contributed by atoms with Crippen molar-refractivity contribution in [2.45, 2.75) is 19.6 Å². The summed E-state index contributed by atoms with van der Waals surface area (Å²) in [5.41, 5.74) is 4.01. The van der Waals surface area contributed by atoms with Crippen LogP contribution < -0.4 is 5.32 Å². The van der Waals surface area contributed by atoms with Crippen LogP contribution in [0, 0.1) is 0 Å². The molecule has 2 nitrogen and oxygen atoms in total. The lowest BCUT2D eigenvalue weighted by Gasteiger charge is -2.18. The second-order valence-corrected chi connectivity index (χ2v) is 11.9. The van der Waals surface area contributed by atoms with E-state index >= 15 is 0 Å². The molecule has 0 radical (unpaired) electrons. The summed E-state index contributed by atoms with van der Waals surface area (Å²) in [5, 5.41) is 3.59. The van der Waals surface area contributed by atoms with Crippen molar-refractivity contribution in [1.29, 1.82) is 0 Å². The third kappa shape index (κ3) is 2.37. The fraction of sp³-hybridized carbons (Fsp3) is 0.150. The predicted molar refractivity (Wildman–Crippen MR) is 99.9 cm³/mol. The maximum Gasteiger partial charge on any atom is 0.139 e. The molecule has 0 saturated heterocycles. The van der Waals surface area contributed by atoms with Gasteiger partial charge in [-0.05, 0) is 6.07 Å². The summed E-state index contributed by atoms with van der Waals surface area (Å²) in [5.74, 6) is 0. The summed E-state index contributed by atoms with van der Waals surface area (Å²) in [6.07, 6.45) is 0. The Labute approximate surface area is 136 Å². The Morgan fingerprint density at radius 3 is 2.26 bits per heavy atom. The monoisotopic (exact) mass is 317 g/mol. The molecular weight excluding hydrogens is 298 g/mol. The van der Waals surface area contributed by atoms with Gasteiger partial charge in [-0.1, -0.05) is 68.2 Å². The second kappa shape index (κ2) is 5.07. The van der Waals surface area contributed by atoms with Gasteiger partial charge >= 0.3 is 0 Å². The van der Waals surface area contributed by atoms with Crippen molar-refractivity contribution in [2.24, 2.45) is 0 Å². The van der Waals surface area contributed by atoms with Crippen molar-refractivity contribution in [3.8, 4) is 11.3 Å². The third-order valence-electron chi connectivity index (χ3n) is 4.14. The van der Waals surface area contributed by atoms with Gasteiger partial charge < -0.3 is 4.42 Å². The Morgan fingerprint density at radius 2 is 1.52 bits per heavy atom. The Morgan fingerprint density at radius 1 is 0.826 bits per heavy atom. The molecule has 2 aromatic heterocycles. The summed E-state index contributed by atoms with van der Waals surface area (Å²) < 4.78 is 6.13. The number of nitrogens with zero attached hydrogens (tertiary/aromatic N) is 1. The summed E-state index contributed by atoms with van der Waals surface area (Å²) in [6, 6.07) is 20.7. The molecule has 0 atom stereocenters. The van der Waals surface area contributed by atoms with E-state index in [1.807, 2.05) is 30.3 Å². The standard InChI is InChI=1S/C20H19NOSi/c1-23(2,3)20-19-15-11-7-8-12-17(15)22-18(19)13-16(21-20)14-9-5-4-6-10-14/h4-13H,1-3H3. The number of fused-ring (bicyclic) bond motifs is 3. The molecule has 0 spiro atoms. The van der Waals surface area contributed by atoms with Gasteiger partial charge in [0.05, 0.1) is 5.69 Å². The first-order valence-corrected chi connectivity index (χ1v) is 11.4. The molecule has 114 valence electrons. The van der Waals surface area contributed by atoms with E-state index in [1.165, 1.54) is 16.1 Å². The topological polar surface area (TPSA) is 26.0 Å². The van der Waals surface area contributed by atoms with Gasteiger partial charge in [-0.2, -0.15) is 0 Å². The second-order valence-electron chi connectivity index (χ2n) is 6.94. The Kier molecular flexibility index (Phi) is 3.13. The largest absolute Gasteiger partial charge is 0.456 e. The zero-order valence-corrected chi connectivity index (χ0v) is 14.6. The van der Waals surface area contributed by atoms with Crippen LogP contribution in [0.3, 0.4) is 0 Å². The zero-order valence-electron chi connectivity index (χ0n) is 13.6. The van der Waals surface area contributed by atoms with Crippen LogP contribution in [0.4, 0.5) is 0 Å². The molecule has 0 saturated carbocycles. The lowest BCUT2D eigenvalue weighted by atomic mass is 10.1. The lowest BCUT2D eigenvalue weighted by molar-refractivity contribution is 0.669.